The number of hydrogen-bond donors (Lipinski definition) is 1. The molecular formula is C16H26N2O4. The van der Waals surface area contributed by atoms with Gasteiger partial charge >= 0.3 is 5.97 Å². The number of carboxylic acids is 1. The molecule has 0 spiro atoms. The fourth-order valence-electron chi connectivity index (χ4n) is 3.38. The van der Waals surface area contributed by atoms with Crippen LogP contribution in [0, 0.1) is 11.8 Å². The molecule has 0 aromatic rings. The van der Waals surface area contributed by atoms with Gasteiger partial charge in [-0.1, -0.05) is 6.92 Å². The molecule has 6 nitrogen and oxygen atoms in total. The lowest BCUT2D eigenvalue weighted by molar-refractivity contribution is -0.152. The van der Waals surface area contributed by atoms with E-state index in [-0.39, 0.29) is 11.8 Å². The van der Waals surface area contributed by atoms with Crippen molar-refractivity contribution in [3.8, 4) is 0 Å². The molecule has 0 aromatic carbocycles. The topological polar surface area (TPSA) is 77.9 Å². The van der Waals surface area contributed by atoms with Crippen LogP contribution in [0.3, 0.4) is 0 Å². The van der Waals surface area contributed by atoms with Crippen LogP contribution in [-0.4, -0.2) is 58.9 Å². The van der Waals surface area contributed by atoms with E-state index in [0.29, 0.717) is 31.8 Å². The standard InChI is InChI=1S/C16H26N2O4/c1-2-13(16(21)22)15(20)17-9-6-12(7-10-17)11-18-8-4-3-5-14(18)19/h12-13H,2-11H2,1H3,(H,21,22)/t13-/m1/s1. The molecular weight excluding hydrogens is 284 g/mol. The molecule has 2 aliphatic rings. The third-order valence-electron chi connectivity index (χ3n) is 4.83. The summed E-state index contributed by atoms with van der Waals surface area (Å²) in [6.07, 6.45) is 4.78. The number of rotatable bonds is 5. The van der Waals surface area contributed by atoms with E-state index in [1.807, 2.05) is 4.90 Å². The Morgan fingerprint density at radius 2 is 1.91 bits per heavy atom. The summed E-state index contributed by atoms with van der Waals surface area (Å²) in [6.45, 7) is 4.59. The van der Waals surface area contributed by atoms with Crippen molar-refractivity contribution in [2.24, 2.45) is 11.8 Å². The number of aliphatic carboxylic acids is 1. The zero-order chi connectivity index (χ0) is 16.1. The first-order valence-electron chi connectivity index (χ1n) is 8.32. The first-order chi connectivity index (χ1) is 10.5. The van der Waals surface area contributed by atoms with Gasteiger partial charge in [-0.2, -0.15) is 0 Å². The van der Waals surface area contributed by atoms with Crippen molar-refractivity contribution < 1.29 is 19.5 Å². The average Bonchev–Trinajstić information content (AvgIpc) is 2.50. The van der Waals surface area contributed by atoms with Gasteiger partial charge in [0.25, 0.3) is 0 Å². The fourth-order valence-corrected chi connectivity index (χ4v) is 3.38. The second kappa shape index (κ2) is 7.61. The van der Waals surface area contributed by atoms with E-state index < -0.39 is 11.9 Å². The molecule has 1 N–H and O–H groups in total. The van der Waals surface area contributed by atoms with Gasteiger partial charge in [-0.3, -0.25) is 14.4 Å². The van der Waals surface area contributed by atoms with Gasteiger partial charge < -0.3 is 14.9 Å². The predicted octanol–water partition coefficient (Wildman–Crippen LogP) is 1.35. The molecule has 0 bridgehead atoms. The Bertz CT molecular complexity index is 430. The summed E-state index contributed by atoms with van der Waals surface area (Å²) >= 11 is 0. The van der Waals surface area contributed by atoms with Crippen molar-refractivity contribution in [1.29, 1.82) is 0 Å². The summed E-state index contributed by atoms with van der Waals surface area (Å²) in [4.78, 5) is 38.8. The van der Waals surface area contributed by atoms with Gasteiger partial charge in [0, 0.05) is 32.6 Å². The Morgan fingerprint density at radius 1 is 1.23 bits per heavy atom. The molecule has 2 rings (SSSR count). The van der Waals surface area contributed by atoms with Crippen LogP contribution in [0.25, 0.3) is 0 Å². The van der Waals surface area contributed by atoms with Crippen LogP contribution in [0.15, 0.2) is 0 Å². The highest BCUT2D eigenvalue weighted by Gasteiger charge is 2.32. The maximum Gasteiger partial charge on any atom is 0.316 e. The van der Waals surface area contributed by atoms with Crippen LogP contribution in [0.5, 0.6) is 0 Å². The molecule has 0 unspecified atom stereocenters. The molecule has 0 radical (unpaired) electrons. The van der Waals surface area contributed by atoms with E-state index in [2.05, 4.69) is 0 Å². The van der Waals surface area contributed by atoms with Crippen molar-refractivity contribution in [2.75, 3.05) is 26.2 Å². The van der Waals surface area contributed by atoms with Crippen LogP contribution in [0.1, 0.15) is 45.4 Å². The van der Waals surface area contributed by atoms with Crippen molar-refractivity contribution >= 4 is 17.8 Å². The highest BCUT2D eigenvalue weighted by atomic mass is 16.4. The van der Waals surface area contributed by atoms with Crippen molar-refractivity contribution in [1.82, 2.24) is 9.80 Å². The Balaban J connectivity index is 1.81. The monoisotopic (exact) mass is 310 g/mol. The Kier molecular flexibility index (Phi) is 5.80. The van der Waals surface area contributed by atoms with E-state index in [1.165, 1.54) is 0 Å². The summed E-state index contributed by atoms with van der Waals surface area (Å²) in [7, 11) is 0. The minimum Gasteiger partial charge on any atom is -0.481 e. The molecule has 0 aliphatic carbocycles. The van der Waals surface area contributed by atoms with E-state index in [1.54, 1.807) is 11.8 Å². The lowest BCUT2D eigenvalue weighted by Crippen LogP contribution is -2.46. The van der Waals surface area contributed by atoms with E-state index in [9.17, 15) is 14.4 Å². The van der Waals surface area contributed by atoms with E-state index in [0.717, 1.165) is 38.8 Å². The summed E-state index contributed by atoms with van der Waals surface area (Å²) in [6, 6.07) is 0. The second-order valence-electron chi connectivity index (χ2n) is 6.36. The van der Waals surface area contributed by atoms with Crippen molar-refractivity contribution in [3.63, 3.8) is 0 Å². The van der Waals surface area contributed by atoms with E-state index >= 15 is 0 Å². The normalized spacial score (nSPS) is 21.8. The molecule has 2 fully saturated rings. The minimum atomic E-state index is -1.03. The van der Waals surface area contributed by atoms with Gasteiger partial charge in [0.1, 0.15) is 5.92 Å². The lowest BCUT2D eigenvalue weighted by atomic mass is 9.94. The third-order valence-corrected chi connectivity index (χ3v) is 4.83. The maximum atomic E-state index is 12.2. The van der Waals surface area contributed by atoms with Crippen LogP contribution in [-0.2, 0) is 14.4 Å². The first-order valence-corrected chi connectivity index (χ1v) is 8.32. The Hall–Kier alpha value is -1.59. The number of carbonyl (C=O) groups is 3. The Morgan fingerprint density at radius 3 is 2.45 bits per heavy atom. The van der Waals surface area contributed by atoms with E-state index in [4.69, 9.17) is 5.11 Å². The smallest absolute Gasteiger partial charge is 0.316 e. The number of carboxylic acid groups (broad SMARTS) is 1. The lowest BCUT2D eigenvalue weighted by Gasteiger charge is -2.36. The highest BCUT2D eigenvalue weighted by molar-refractivity contribution is 5.96. The van der Waals surface area contributed by atoms with Gasteiger partial charge in [0.15, 0.2) is 0 Å². The second-order valence-corrected chi connectivity index (χ2v) is 6.36. The highest BCUT2D eigenvalue weighted by Crippen LogP contribution is 2.22. The SMILES string of the molecule is CC[C@@H](C(=O)O)C(=O)N1CCC(CN2CCCCC2=O)CC1. The zero-order valence-corrected chi connectivity index (χ0v) is 13.3. The maximum absolute atomic E-state index is 12.2. The molecule has 22 heavy (non-hydrogen) atoms. The van der Waals surface area contributed by atoms with Crippen molar-refractivity contribution in [2.45, 2.75) is 45.4 Å². The molecule has 2 amide bonds. The molecule has 2 aliphatic heterocycles. The van der Waals surface area contributed by atoms with Gasteiger partial charge in [-0.25, -0.2) is 0 Å². The van der Waals surface area contributed by atoms with Gasteiger partial charge in [0.2, 0.25) is 11.8 Å². The molecule has 124 valence electrons. The molecule has 2 heterocycles. The summed E-state index contributed by atoms with van der Waals surface area (Å²) in [5.41, 5.74) is 0. The summed E-state index contributed by atoms with van der Waals surface area (Å²) in [5, 5.41) is 9.08. The number of amides is 2. The zero-order valence-electron chi connectivity index (χ0n) is 13.3. The average molecular weight is 310 g/mol. The molecule has 2 saturated heterocycles. The molecule has 6 heteroatoms. The minimum absolute atomic E-state index is 0.252. The molecule has 0 aromatic heterocycles. The quantitative estimate of drug-likeness (QED) is 0.778. The number of piperidine rings is 2. The summed E-state index contributed by atoms with van der Waals surface area (Å²) in [5.74, 6) is -1.53. The van der Waals surface area contributed by atoms with Crippen LogP contribution in [0.4, 0.5) is 0 Å². The largest absolute Gasteiger partial charge is 0.481 e. The molecule has 0 saturated carbocycles. The van der Waals surface area contributed by atoms with Gasteiger partial charge in [-0.15, -0.1) is 0 Å². The number of likely N-dealkylation sites (tertiary alicyclic amines) is 2. The Labute approximate surface area is 131 Å². The van der Waals surface area contributed by atoms with Gasteiger partial charge in [-0.05, 0) is 38.0 Å². The van der Waals surface area contributed by atoms with Crippen LogP contribution >= 0.6 is 0 Å². The first kappa shape index (κ1) is 16.8. The van der Waals surface area contributed by atoms with Crippen LogP contribution in [0.2, 0.25) is 0 Å². The predicted molar refractivity (Wildman–Crippen MR) is 81.2 cm³/mol. The van der Waals surface area contributed by atoms with Gasteiger partial charge in [0.05, 0.1) is 0 Å². The summed E-state index contributed by atoms with van der Waals surface area (Å²) < 4.78 is 0. The number of carbonyl (C=O) groups excluding carboxylic acids is 2. The number of hydrogen-bond acceptors (Lipinski definition) is 3. The van der Waals surface area contributed by atoms with Crippen molar-refractivity contribution in [3.05, 3.63) is 0 Å². The van der Waals surface area contributed by atoms with Crippen LogP contribution < -0.4 is 0 Å². The third kappa shape index (κ3) is 3.99. The fraction of sp³-hybridized carbons (Fsp3) is 0.812. The molecule has 1 atom stereocenters. The number of nitrogens with zero attached hydrogens (tertiary/aromatic N) is 2.